The van der Waals surface area contributed by atoms with Crippen molar-refractivity contribution in [3.63, 3.8) is 0 Å². The second-order valence-corrected chi connectivity index (χ2v) is 5.90. The molecule has 98 valence electrons. The first-order chi connectivity index (χ1) is 8.34. The molecule has 18 heavy (non-hydrogen) atoms. The second-order valence-electron chi connectivity index (χ2n) is 5.90. The molecule has 1 N–H and O–H groups in total. The van der Waals surface area contributed by atoms with Gasteiger partial charge in [-0.1, -0.05) is 37.1 Å². The van der Waals surface area contributed by atoms with Crippen LogP contribution in [0.5, 0.6) is 0 Å². The van der Waals surface area contributed by atoms with Crippen LogP contribution < -0.4 is 0 Å². The van der Waals surface area contributed by atoms with Gasteiger partial charge in [-0.15, -0.1) is 0 Å². The molecule has 0 saturated heterocycles. The van der Waals surface area contributed by atoms with Crippen molar-refractivity contribution in [1.29, 1.82) is 0 Å². The molecule has 0 saturated carbocycles. The van der Waals surface area contributed by atoms with Crippen LogP contribution in [0.4, 0.5) is 0 Å². The van der Waals surface area contributed by atoms with Crippen LogP contribution in [-0.2, 0) is 0 Å². The van der Waals surface area contributed by atoms with E-state index in [9.17, 15) is 5.11 Å². The topological polar surface area (TPSA) is 20.2 Å². The number of hydrogen-bond donors (Lipinski definition) is 1. The van der Waals surface area contributed by atoms with Crippen LogP contribution in [0.2, 0.25) is 0 Å². The molecule has 2 aliphatic rings. The van der Waals surface area contributed by atoms with Crippen molar-refractivity contribution in [1.82, 2.24) is 0 Å². The fraction of sp³-hybridized carbons (Fsp3) is 0.529. The van der Waals surface area contributed by atoms with Crippen LogP contribution >= 0.6 is 0 Å². The van der Waals surface area contributed by atoms with Gasteiger partial charge in [0, 0.05) is 11.8 Å². The molecule has 0 amide bonds. The lowest BCUT2D eigenvalue weighted by Gasteiger charge is -2.25. The number of allylic oxidation sites excluding steroid dienone is 6. The zero-order valence-corrected chi connectivity index (χ0v) is 12.3. The second kappa shape index (κ2) is 4.55. The molecule has 2 atom stereocenters. The monoisotopic (exact) mass is 244 g/mol. The number of rotatable bonds is 2. The Bertz CT molecular complexity index is 454. The molecule has 2 aliphatic carbocycles. The van der Waals surface area contributed by atoms with Gasteiger partial charge in [0.05, 0.1) is 6.10 Å². The molecule has 1 nitrogen and oxygen atoms in total. The van der Waals surface area contributed by atoms with Crippen molar-refractivity contribution in [2.45, 2.75) is 47.6 Å². The zero-order chi connectivity index (χ0) is 13.6. The lowest BCUT2D eigenvalue weighted by atomic mass is 9.84. The highest BCUT2D eigenvalue weighted by molar-refractivity contribution is 5.50. The highest BCUT2D eigenvalue weighted by Crippen LogP contribution is 2.41. The van der Waals surface area contributed by atoms with Gasteiger partial charge in [0.1, 0.15) is 0 Å². The molecule has 0 aromatic heterocycles. The summed E-state index contributed by atoms with van der Waals surface area (Å²) in [6.45, 7) is 12.9. The average Bonchev–Trinajstić information content (AvgIpc) is 2.66. The van der Waals surface area contributed by atoms with E-state index in [0.717, 1.165) is 0 Å². The van der Waals surface area contributed by atoms with E-state index in [1.165, 1.54) is 33.4 Å². The van der Waals surface area contributed by atoms with E-state index in [2.05, 4.69) is 53.7 Å². The maximum absolute atomic E-state index is 10.8. The van der Waals surface area contributed by atoms with Crippen LogP contribution in [0.3, 0.4) is 0 Å². The van der Waals surface area contributed by atoms with E-state index in [1.54, 1.807) is 0 Å². The number of hydrogen-bond acceptors (Lipinski definition) is 1. The Morgan fingerprint density at radius 2 is 1.17 bits per heavy atom. The van der Waals surface area contributed by atoms with Crippen LogP contribution in [0.25, 0.3) is 0 Å². The van der Waals surface area contributed by atoms with Gasteiger partial charge in [0.2, 0.25) is 0 Å². The van der Waals surface area contributed by atoms with Crippen LogP contribution in [0, 0.1) is 11.8 Å². The van der Waals surface area contributed by atoms with Gasteiger partial charge in [-0.05, 0) is 50.0 Å². The molecule has 0 aromatic carbocycles. The van der Waals surface area contributed by atoms with Gasteiger partial charge in [-0.3, -0.25) is 0 Å². The molecule has 1 heteroatoms. The minimum Gasteiger partial charge on any atom is -0.384 e. The molecular formula is C17H24O. The summed E-state index contributed by atoms with van der Waals surface area (Å²) in [6, 6.07) is 0. The molecule has 0 aliphatic heterocycles. The molecule has 0 bridgehead atoms. The lowest BCUT2D eigenvalue weighted by molar-refractivity contribution is 0.227. The van der Waals surface area contributed by atoms with E-state index in [4.69, 9.17) is 0 Å². The molecule has 0 radical (unpaired) electrons. The Morgan fingerprint density at radius 3 is 1.39 bits per heavy atom. The predicted molar refractivity (Wildman–Crippen MR) is 77.2 cm³/mol. The van der Waals surface area contributed by atoms with Gasteiger partial charge in [-0.2, -0.15) is 0 Å². The summed E-state index contributed by atoms with van der Waals surface area (Å²) >= 11 is 0. The van der Waals surface area contributed by atoms with E-state index in [0.29, 0.717) is 11.8 Å². The fourth-order valence-electron chi connectivity index (χ4n) is 3.35. The normalized spacial score (nSPS) is 29.9. The zero-order valence-electron chi connectivity index (χ0n) is 12.3. The van der Waals surface area contributed by atoms with E-state index < -0.39 is 6.10 Å². The van der Waals surface area contributed by atoms with Gasteiger partial charge in [0.15, 0.2) is 0 Å². The summed E-state index contributed by atoms with van der Waals surface area (Å²) in [6.07, 6.45) is 4.00. The number of aliphatic hydroxyl groups is 1. The lowest BCUT2D eigenvalue weighted by Crippen LogP contribution is -2.22. The molecule has 2 unspecified atom stereocenters. The average molecular weight is 244 g/mol. The maximum Gasteiger partial charge on any atom is 0.0983 e. The van der Waals surface area contributed by atoms with Gasteiger partial charge >= 0.3 is 0 Å². The van der Waals surface area contributed by atoms with Crippen molar-refractivity contribution in [3.8, 4) is 0 Å². The van der Waals surface area contributed by atoms with Crippen molar-refractivity contribution < 1.29 is 5.11 Å². The minimum atomic E-state index is -0.419. The Hall–Kier alpha value is -1.08. The Kier molecular flexibility index (Phi) is 3.37. The molecule has 2 rings (SSSR count). The van der Waals surface area contributed by atoms with Crippen LogP contribution in [-0.4, -0.2) is 11.2 Å². The quantitative estimate of drug-likeness (QED) is 0.773. The summed E-state index contributed by atoms with van der Waals surface area (Å²) < 4.78 is 0. The van der Waals surface area contributed by atoms with Crippen molar-refractivity contribution in [2.24, 2.45) is 11.8 Å². The summed E-state index contributed by atoms with van der Waals surface area (Å²) in [7, 11) is 0. The molecule has 0 spiro atoms. The standard InChI is InChI=1S/C17H24O/c1-9-7-11(3)15(13(9)5)17(18)16-12(4)8-10(2)14(16)6/h7-8,13-14,17-18H,1-6H3. The summed E-state index contributed by atoms with van der Waals surface area (Å²) in [5, 5.41) is 10.8. The third-order valence-electron chi connectivity index (χ3n) is 4.69. The Morgan fingerprint density at radius 1 is 0.833 bits per heavy atom. The van der Waals surface area contributed by atoms with Crippen LogP contribution in [0.15, 0.2) is 45.6 Å². The predicted octanol–water partition coefficient (Wildman–Crippen LogP) is 4.17. The Balaban J connectivity index is 2.34. The first kappa shape index (κ1) is 13.4. The largest absolute Gasteiger partial charge is 0.384 e. The first-order valence-electron chi connectivity index (χ1n) is 6.80. The fourth-order valence-corrected chi connectivity index (χ4v) is 3.35. The summed E-state index contributed by atoms with van der Waals surface area (Å²) in [5.74, 6) is 0.738. The first-order valence-corrected chi connectivity index (χ1v) is 6.80. The number of aliphatic hydroxyl groups excluding tert-OH is 1. The SMILES string of the molecule is CC1=CC(C)=C(C(O)C2=C(C)C=C(C)C2C)C1C. The van der Waals surface area contributed by atoms with Crippen molar-refractivity contribution >= 4 is 0 Å². The van der Waals surface area contributed by atoms with Gasteiger partial charge in [0.25, 0.3) is 0 Å². The third-order valence-corrected chi connectivity index (χ3v) is 4.69. The highest BCUT2D eigenvalue weighted by atomic mass is 16.3. The van der Waals surface area contributed by atoms with Crippen molar-refractivity contribution in [3.05, 3.63) is 45.6 Å². The maximum atomic E-state index is 10.8. The van der Waals surface area contributed by atoms with Gasteiger partial charge < -0.3 is 5.11 Å². The van der Waals surface area contributed by atoms with E-state index in [-0.39, 0.29) is 0 Å². The van der Waals surface area contributed by atoms with Crippen molar-refractivity contribution in [2.75, 3.05) is 0 Å². The van der Waals surface area contributed by atoms with E-state index >= 15 is 0 Å². The summed E-state index contributed by atoms with van der Waals surface area (Å²) in [5.41, 5.74) is 7.58. The molecule has 0 heterocycles. The van der Waals surface area contributed by atoms with Crippen LogP contribution in [0.1, 0.15) is 41.5 Å². The van der Waals surface area contributed by atoms with E-state index in [1.807, 2.05) is 0 Å². The Labute approximate surface area is 111 Å². The summed E-state index contributed by atoms with van der Waals surface area (Å²) in [4.78, 5) is 0. The molecule has 0 aromatic rings. The smallest absolute Gasteiger partial charge is 0.0983 e. The van der Waals surface area contributed by atoms with Gasteiger partial charge in [-0.25, -0.2) is 0 Å². The molecule has 0 fully saturated rings. The third kappa shape index (κ3) is 1.91. The molecular weight excluding hydrogens is 220 g/mol. The minimum absolute atomic E-state index is 0.369. The highest BCUT2D eigenvalue weighted by Gasteiger charge is 2.32.